The van der Waals surface area contributed by atoms with Gasteiger partial charge in [-0.05, 0) is 45.0 Å². The number of benzene rings is 2. The van der Waals surface area contributed by atoms with Gasteiger partial charge in [0, 0.05) is 12.2 Å². The lowest BCUT2D eigenvalue weighted by molar-refractivity contribution is -0.117. The van der Waals surface area contributed by atoms with E-state index in [0.29, 0.717) is 18.0 Å². The summed E-state index contributed by atoms with van der Waals surface area (Å²) < 4.78 is 31.7. The van der Waals surface area contributed by atoms with Gasteiger partial charge in [0.2, 0.25) is 15.9 Å². The summed E-state index contributed by atoms with van der Waals surface area (Å²) >= 11 is 0. The van der Waals surface area contributed by atoms with E-state index in [1.165, 1.54) is 0 Å². The first-order chi connectivity index (χ1) is 12.7. The Morgan fingerprint density at radius 2 is 1.63 bits per heavy atom. The van der Waals surface area contributed by atoms with Crippen molar-refractivity contribution in [3.8, 4) is 5.75 Å². The molecule has 0 aliphatic carbocycles. The summed E-state index contributed by atoms with van der Waals surface area (Å²) in [5, 5.41) is 0. The van der Waals surface area contributed by atoms with E-state index in [0.717, 1.165) is 16.2 Å². The monoisotopic (exact) mass is 390 g/mol. The molecule has 0 spiro atoms. The van der Waals surface area contributed by atoms with Crippen molar-refractivity contribution in [2.75, 3.05) is 28.6 Å². The molecule has 0 aromatic heterocycles. The Hall–Kier alpha value is -2.54. The zero-order valence-electron chi connectivity index (χ0n) is 16.1. The van der Waals surface area contributed by atoms with Crippen molar-refractivity contribution in [2.24, 2.45) is 0 Å². The largest absolute Gasteiger partial charge is 0.489 e. The van der Waals surface area contributed by atoms with Gasteiger partial charge in [-0.3, -0.25) is 9.10 Å². The summed E-state index contributed by atoms with van der Waals surface area (Å²) in [6.07, 6.45) is 0.963. The van der Waals surface area contributed by atoms with Gasteiger partial charge in [0.25, 0.3) is 0 Å². The third-order valence-electron chi connectivity index (χ3n) is 3.86. The zero-order chi connectivity index (χ0) is 20.0. The fourth-order valence-electron chi connectivity index (χ4n) is 2.72. The van der Waals surface area contributed by atoms with Gasteiger partial charge < -0.3 is 9.64 Å². The number of amides is 1. The number of carbonyl (C=O) groups is 1. The highest BCUT2D eigenvalue weighted by Crippen LogP contribution is 2.31. The number of rotatable bonds is 8. The van der Waals surface area contributed by atoms with Crippen LogP contribution >= 0.6 is 0 Å². The maximum absolute atomic E-state index is 12.9. The normalized spacial score (nSPS) is 11.3. The molecule has 0 saturated heterocycles. The van der Waals surface area contributed by atoms with Crippen LogP contribution in [0.5, 0.6) is 5.75 Å². The van der Waals surface area contributed by atoms with Crippen LogP contribution in [0, 0.1) is 0 Å². The van der Waals surface area contributed by atoms with Crippen LogP contribution in [0.1, 0.15) is 20.8 Å². The van der Waals surface area contributed by atoms with Crippen LogP contribution in [0.3, 0.4) is 0 Å². The Kier molecular flexibility index (Phi) is 6.85. The highest BCUT2D eigenvalue weighted by Gasteiger charge is 2.26. The molecule has 2 aromatic rings. The Morgan fingerprint density at radius 1 is 1.04 bits per heavy atom. The molecule has 0 unspecified atom stereocenters. The Balaban J connectivity index is 2.38. The lowest BCUT2D eigenvalue weighted by Gasteiger charge is -2.28. The second-order valence-corrected chi connectivity index (χ2v) is 8.28. The average Bonchev–Trinajstić information content (AvgIpc) is 2.60. The van der Waals surface area contributed by atoms with Gasteiger partial charge in [0.1, 0.15) is 12.3 Å². The van der Waals surface area contributed by atoms with Crippen molar-refractivity contribution in [1.82, 2.24) is 0 Å². The van der Waals surface area contributed by atoms with Gasteiger partial charge in [0.15, 0.2) is 0 Å². The van der Waals surface area contributed by atoms with E-state index < -0.39 is 10.0 Å². The van der Waals surface area contributed by atoms with Crippen LogP contribution in [0.4, 0.5) is 11.4 Å². The predicted octanol–water partition coefficient (Wildman–Crippen LogP) is 3.29. The SMILES string of the molecule is CCN(C(=O)CN(c1ccccc1OC(C)C)S(C)(=O)=O)c1ccccc1. The number of anilines is 2. The van der Waals surface area contributed by atoms with E-state index >= 15 is 0 Å². The molecule has 0 heterocycles. The fraction of sp³-hybridized carbons (Fsp3) is 0.350. The quantitative estimate of drug-likeness (QED) is 0.694. The lowest BCUT2D eigenvalue weighted by atomic mass is 10.2. The van der Waals surface area contributed by atoms with E-state index in [-0.39, 0.29) is 18.6 Å². The van der Waals surface area contributed by atoms with Crippen molar-refractivity contribution in [3.63, 3.8) is 0 Å². The molecule has 146 valence electrons. The minimum atomic E-state index is -3.69. The first kappa shape index (κ1) is 20.8. The number of likely N-dealkylation sites (N-methyl/N-ethyl adjacent to an activating group) is 1. The minimum absolute atomic E-state index is 0.125. The number of nitrogens with zero attached hydrogens (tertiary/aromatic N) is 2. The molecule has 7 heteroatoms. The van der Waals surface area contributed by atoms with Gasteiger partial charge in [-0.2, -0.15) is 0 Å². The molecule has 6 nitrogen and oxygen atoms in total. The first-order valence-electron chi connectivity index (χ1n) is 8.82. The van der Waals surface area contributed by atoms with Crippen molar-refractivity contribution in [3.05, 3.63) is 54.6 Å². The third kappa shape index (κ3) is 5.47. The number of ether oxygens (including phenoxy) is 1. The number of carbonyl (C=O) groups excluding carboxylic acids is 1. The second-order valence-electron chi connectivity index (χ2n) is 6.38. The first-order valence-corrected chi connectivity index (χ1v) is 10.7. The molecule has 1 amide bonds. The molecule has 0 radical (unpaired) electrons. The number of sulfonamides is 1. The van der Waals surface area contributed by atoms with Crippen molar-refractivity contribution in [1.29, 1.82) is 0 Å². The van der Waals surface area contributed by atoms with Gasteiger partial charge in [-0.1, -0.05) is 30.3 Å². The van der Waals surface area contributed by atoms with Crippen molar-refractivity contribution in [2.45, 2.75) is 26.9 Å². The molecule has 0 fully saturated rings. The fourth-order valence-corrected chi connectivity index (χ4v) is 3.57. The zero-order valence-corrected chi connectivity index (χ0v) is 16.9. The minimum Gasteiger partial charge on any atom is -0.489 e. The lowest BCUT2D eigenvalue weighted by Crippen LogP contribution is -2.43. The smallest absolute Gasteiger partial charge is 0.247 e. The second kappa shape index (κ2) is 8.90. The summed E-state index contributed by atoms with van der Waals surface area (Å²) in [4.78, 5) is 14.5. The molecule has 2 aromatic carbocycles. The highest BCUT2D eigenvalue weighted by molar-refractivity contribution is 7.92. The summed E-state index contributed by atoms with van der Waals surface area (Å²) in [6.45, 7) is 5.71. The molecular weight excluding hydrogens is 364 g/mol. The number of para-hydroxylation sites is 3. The van der Waals surface area contributed by atoms with Crippen LogP contribution in [0.2, 0.25) is 0 Å². The number of hydrogen-bond acceptors (Lipinski definition) is 4. The molecule has 0 saturated carbocycles. The van der Waals surface area contributed by atoms with E-state index in [9.17, 15) is 13.2 Å². The third-order valence-corrected chi connectivity index (χ3v) is 4.99. The van der Waals surface area contributed by atoms with Gasteiger partial charge in [-0.15, -0.1) is 0 Å². The van der Waals surface area contributed by atoms with Gasteiger partial charge in [-0.25, -0.2) is 8.42 Å². The standard InChI is InChI=1S/C20H26N2O4S/c1-5-21(17-11-7-6-8-12-17)20(23)15-22(27(4,24)25)18-13-9-10-14-19(18)26-16(2)3/h6-14,16H,5,15H2,1-4H3. The van der Waals surface area contributed by atoms with E-state index in [4.69, 9.17) is 4.74 Å². The number of hydrogen-bond donors (Lipinski definition) is 0. The summed E-state index contributed by atoms with van der Waals surface area (Å²) in [5.41, 5.74) is 1.08. The molecule has 0 bridgehead atoms. The van der Waals surface area contributed by atoms with Gasteiger partial charge in [0.05, 0.1) is 18.0 Å². The van der Waals surface area contributed by atoms with E-state index in [2.05, 4.69) is 0 Å². The Bertz CT molecular complexity index is 867. The molecule has 0 aliphatic rings. The van der Waals surface area contributed by atoms with Crippen molar-refractivity contribution >= 4 is 27.3 Å². The van der Waals surface area contributed by atoms with Crippen LogP contribution < -0.4 is 13.9 Å². The molecule has 0 atom stereocenters. The predicted molar refractivity (Wildman–Crippen MR) is 109 cm³/mol. The average molecular weight is 391 g/mol. The van der Waals surface area contributed by atoms with Crippen LogP contribution in [0.15, 0.2) is 54.6 Å². The highest BCUT2D eigenvalue weighted by atomic mass is 32.2. The Morgan fingerprint density at radius 3 is 2.19 bits per heavy atom. The maximum atomic E-state index is 12.9. The van der Waals surface area contributed by atoms with E-state index in [1.807, 2.05) is 51.1 Å². The molecule has 27 heavy (non-hydrogen) atoms. The topological polar surface area (TPSA) is 66.9 Å². The molecule has 0 aliphatic heterocycles. The molecular formula is C20H26N2O4S. The van der Waals surface area contributed by atoms with Crippen molar-refractivity contribution < 1.29 is 17.9 Å². The van der Waals surface area contributed by atoms with E-state index in [1.54, 1.807) is 29.2 Å². The Labute approximate surface area is 161 Å². The molecule has 0 N–H and O–H groups in total. The van der Waals surface area contributed by atoms with Crippen LogP contribution in [0.25, 0.3) is 0 Å². The van der Waals surface area contributed by atoms with Gasteiger partial charge >= 0.3 is 0 Å². The summed E-state index contributed by atoms with van der Waals surface area (Å²) in [7, 11) is -3.69. The van der Waals surface area contributed by atoms with Crippen LogP contribution in [-0.4, -0.2) is 39.8 Å². The molecule has 2 rings (SSSR count). The summed E-state index contributed by atoms with van der Waals surface area (Å²) in [5.74, 6) is 0.113. The maximum Gasteiger partial charge on any atom is 0.247 e. The summed E-state index contributed by atoms with van der Waals surface area (Å²) in [6, 6.07) is 16.0. The van der Waals surface area contributed by atoms with Crippen LogP contribution in [-0.2, 0) is 14.8 Å².